The Kier molecular flexibility index (Phi) is 4.44. The molecule has 5 nitrogen and oxygen atoms in total. The van der Waals surface area contributed by atoms with Gasteiger partial charge >= 0.3 is 5.97 Å². The van der Waals surface area contributed by atoms with Gasteiger partial charge < -0.3 is 15.0 Å². The number of carbonyl (C=O) groups is 1. The minimum absolute atomic E-state index is 0.335. The number of carbonyl (C=O) groups excluding carboxylic acids is 1. The molecule has 6 heteroatoms. The van der Waals surface area contributed by atoms with E-state index < -0.39 is 0 Å². The standard InChI is InChI=1S/C14H16BrN3O2/c1-3-20-14(19)13-10-6-9(15)4-5-11(10)18(2)12(13)7-17-8-16/h4-6,8H,3,7H2,1-2H3,(H2,16,17). The fourth-order valence-corrected chi connectivity index (χ4v) is 2.59. The van der Waals surface area contributed by atoms with Crippen molar-refractivity contribution in [2.24, 2.45) is 17.8 Å². The first-order chi connectivity index (χ1) is 9.60. The van der Waals surface area contributed by atoms with Gasteiger partial charge in [0.05, 0.1) is 30.7 Å². The maximum atomic E-state index is 12.2. The highest BCUT2D eigenvalue weighted by Gasteiger charge is 2.21. The van der Waals surface area contributed by atoms with Crippen LogP contribution in [0.2, 0.25) is 0 Å². The highest BCUT2D eigenvalue weighted by atomic mass is 79.9. The molecule has 2 N–H and O–H groups in total. The number of nitrogens with zero attached hydrogens (tertiary/aromatic N) is 2. The second kappa shape index (κ2) is 6.09. The van der Waals surface area contributed by atoms with Crippen molar-refractivity contribution in [3.8, 4) is 0 Å². The third kappa shape index (κ3) is 2.56. The lowest BCUT2D eigenvalue weighted by Gasteiger charge is -2.05. The number of fused-ring (bicyclic) bond motifs is 1. The van der Waals surface area contributed by atoms with E-state index in [1.54, 1.807) is 6.92 Å². The smallest absolute Gasteiger partial charge is 0.340 e. The Morgan fingerprint density at radius 1 is 1.55 bits per heavy atom. The summed E-state index contributed by atoms with van der Waals surface area (Å²) in [5.41, 5.74) is 7.60. The zero-order chi connectivity index (χ0) is 14.7. The molecule has 0 spiro atoms. The molecule has 0 radical (unpaired) electrons. The molecule has 0 aliphatic heterocycles. The Balaban J connectivity index is 2.70. The summed E-state index contributed by atoms with van der Waals surface area (Å²) in [5.74, 6) is -0.335. The van der Waals surface area contributed by atoms with Crippen LogP contribution in [0.3, 0.4) is 0 Å². The molecule has 0 amide bonds. The van der Waals surface area contributed by atoms with Crippen molar-refractivity contribution < 1.29 is 9.53 Å². The molecule has 0 aliphatic rings. The third-order valence-corrected chi connectivity index (χ3v) is 3.60. The van der Waals surface area contributed by atoms with Crippen LogP contribution < -0.4 is 5.73 Å². The minimum Gasteiger partial charge on any atom is -0.462 e. The number of rotatable bonds is 4. The number of nitrogens with two attached hydrogens (primary N) is 1. The van der Waals surface area contributed by atoms with Crippen LogP contribution >= 0.6 is 15.9 Å². The Morgan fingerprint density at radius 3 is 2.95 bits per heavy atom. The lowest BCUT2D eigenvalue weighted by Crippen LogP contribution is -2.09. The molecule has 0 aliphatic carbocycles. The summed E-state index contributed by atoms with van der Waals surface area (Å²) in [7, 11) is 1.90. The predicted molar refractivity (Wildman–Crippen MR) is 83.0 cm³/mol. The topological polar surface area (TPSA) is 69.6 Å². The van der Waals surface area contributed by atoms with E-state index >= 15 is 0 Å². The summed E-state index contributed by atoms with van der Waals surface area (Å²) < 4.78 is 8.02. The summed E-state index contributed by atoms with van der Waals surface area (Å²) in [6.07, 6.45) is 1.24. The van der Waals surface area contributed by atoms with E-state index in [9.17, 15) is 4.79 Å². The van der Waals surface area contributed by atoms with Gasteiger partial charge in [0, 0.05) is 22.4 Å². The quantitative estimate of drug-likeness (QED) is 0.529. The Morgan fingerprint density at radius 2 is 2.30 bits per heavy atom. The highest BCUT2D eigenvalue weighted by molar-refractivity contribution is 9.10. The van der Waals surface area contributed by atoms with Gasteiger partial charge in [-0.1, -0.05) is 15.9 Å². The highest BCUT2D eigenvalue weighted by Crippen LogP contribution is 2.29. The second-order valence-electron chi connectivity index (χ2n) is 4.25. The van der Waals surface area contributed by atoms with Crippen molar-refractivity contribution >= 4 is 39.1 Å². The van der Waals surface area contributed by atoms with Gasteiger partial charge in [0.2, 0.25) is 0 Å². The van der Waals surface area contributed by atoms with Crippen molar-refractivity contribution in [3.05, 3.63) is 33.9 Å². The van der Waals surface area contributed by atoms with E-state index in [2.05, 4.69) is 20.9 Å². The molecule has 106 valence electrons. The van der Waals surface area contributed by atoms with Crippen molar-refractivity contribution in [2.75, 3.05) is 6.61 Å². The van der Waals surface area contributed by atoms with Crippen molar-refractivity contribution in [1.29, 1.82) is 0 Å². The first-order valence-corrected chi connectivity index (χ1v) is 7.03. The summed E-state index contributed by atoms with van der Waals surface area (Å²) >= 11 is 3.43. The maximum absolute atomic E-state index is 12.2. The van der Waals surface area contributed by atoms with E-state index in [0.29, 0.717) is 18.7 Å². The number of aromatic nitrogens is 1. The zero-order valence-electron chi connectivity index (χ0n) is 11.4. The molecule has 1 heterocycles. The normalized spacial score (nSPS) is 11.3. The third-order valence-electron chi connectivity index (χ3n) is 3.11. The van der Waals surface area contributed by atoms with Gasteiger partial charge in [-0.15, -0.1) is 0 Å². The van der Waals surface area contributed by atoms with Gasteiger partial charge in [0.15, 0.2) is 0 Å². The molecule has 0 unspecified atom stereocenters. The maximum Gasteiger partial charge on any atom is 0.340 e. The molecule has 0 saturated carbocycles. The number of aliphatic imine (C=N–C) groups is 1. The molecule has 1 aromatic heterocycles. The Bertz CT molecular complexity index is 677. The number of esters is 1. The van der Waals surface area contributed by atoms with Crippen LogP contribution in [-0.2, 0) is 18.3 Å². The SMILES string of the molecule is CCOC(=O)c1c(CN=CN)n(C)c2ccc(Br)cc12. The van der Waals surface area contributed by atoms with E-state index in [1.165, 1.54) is 6.34 Å². The van der Waals surface area contributed by atoms with Gasteiger partial charge in [-0.3, -0.25) is 4.99 Å². The molecule has 0 atom stereocenters. The average Bonchev–Trinajstić information content (AvgIpc) is 2.69. The van der Waals surface area contributed by atoms with Crippen LogP contribution in [0.5, 0.6) is 0 Å². The fourth-order valence-electron chi connectivity index (χ4n) is 2.22. The van der Waals surface area contributed by atoms with Crippen LogP contribution in [0.15, 0.2) is 27.7 Å². The largest absolute Gasteiger partial charge is 0.462 e. The van der Waals surface area contributed by atoms with E-state index in [4.69, 9.17) is 10.5 Å². The number of benzene rings is 1. The zero-order valence-corrected chi connectivity index (χ0v) is 13.0. The molecule has 0 fully saturated rings. The number of halogens is 1. The van der Waals surface area contributed by atoms with E-state index in [-0.39, 0.29) is 5.97 Å². The molecule has 0 saturated heterocycles. The predicted octanol–water partition coefficient (Wildman–Crippen LogP) is 2.60. The van der Waals surface area contributed by atoms with Crippen LogP contribution in [0, 0.1) is 0 Å². The summed E-state index contributed by atoms with van der Waals surface area (Å²) in [6.45, 7) is 2.47. The second-order valence-corrected chi connectivity index (χ2v) is 5.17. The van der Waals surface area contributed by atoms with Crippen LogP contribution in [-0.4, -0.2) is 23.5 Å². The average molecular weight is 338 g/mol. The van der Waals surface area contributed by atoms with Gasteiger partial charge in [-0.25, -0.2) is 4.79 Å². The van der Waals surface area contributed by atoms with Gasteiger partial charge in [0.25, 0.3) is 0 Å². The van der Waals surface area contributed by atoms with E-state index in [0.717, 1.165) is 21.1 Å². The van der Waals surface area contributed by atoms with Gasteiger partial charge in [-0.05, 0) is 25.1 Å². The molecular formula is C14H16BrN3O2. The van der Waals surface area contributed by atoms with Crippen molar-refractivity contribution in [1.82, 2.24) is 4.57 Å². The monoisotopic (exact) mass is 337 g/mol. The van der Waals surface area contributed by atoms with Crippen LogP contribution in [0.4, 0.5) is 0 Å². The molecular weight excluding hydrogens is 322 g/mol. The fraction of sp³-hybridized carbons (Fsp3) is 0.286. The van der Waals surface area contributed by atoms with Crippen molar-refractivity contribution in [2.45, 2.75) is 13.5 Å². The first kappa shape index (κ1) is 14.6. The minimum atomic E-state index is -0.335. The molecule has 2 aromatic rings. The van der Waals surface area contributed by atoms with Crippen LogP contribution in [0.1, 0.15) is 23.0 Å². The molecule has 1 aromatic carbocycles. The van der Waals surface area contributed by atoms with Crippen LogP contribution in [0.25, 0.3) is 10.9 Å². The molecule has 2 rings (SSSR count). The number of hydrogen-bond acceptors (Lipinski definition) is 3. The van der Waals surface area contributed by atoms with Gasteiger partial charge in [-0.2, -0.15) is 0 Å². The number of ether oxygens (including phenoxy) is 1. The van der Waals surface area contributed by atoms with Crippen molar-refractivity contribution in [3.63, 3.8) is 0 Å². The molecule has 20 heavy (non-hydrogen) atoms. The van der Waals surface area contributed by atoms with E-state index in [1.807, 2.05) is 29.8 Å². The first-order valence-electron chi connectivity index (χ1n) is 6.24. The lowest BCUT2D eigenvalue weighted by molar-refractivity contribution is 0.0527. The number of aryl methyl sites for hydroxylation is 1. The summed E-state index contributed by atoms with van der Waals surface area (Å²) in [5, 5.41) is 0.850. The summed E-state index contributed by atoms with van der Waals surface area (Å²) in [4.78, 5) is 16.3. The number of hydrogen-bond donors (Lipinski definition) is 1. The molecule has 0 bridgehead atoms. The Hall–Kier alpha value is -1.82. The van der Waals surface area contributed by atoms with Gasteiger partial charge in [0.1, 0.15) is 0 Å². The lowest BCUT2D eigenvalue weighted by atomic mass is 10.1. The Labute approximate surface area is 125 Å². The summed E-state index contributed by atoms with van der Waals surface area (Å²) in [6, 6.07) is 5.81.